The molecule has 0 amide bonds. The van der Waals surface area contributed by atoms with Crippen molar-refractivity contribution in [1.29, 1.82) is 0 Å². The number of hydrogen-bond acceptors (Lipinski definition) is 5. The van der Waals surface area contributed by atoms with Gasteiger partial charge in [0.05, 0.1) is 26.9 Å². The molecule has 0 atom stereocenters. The first kappa shape index (κ1) is 16.9. The van der Waals surface area contributed by atoms with Gasteiger partial charge in [0.25, 0.3) is 0 Å². The lowest BCUT2D eigenvalue weighted by atomic mass is 10.1. The second-order valence-electron chi connectivity index (χ2n) is 7.09. The van der Waals surface area contributed by atoms with E-state index in [9.17, 15) is 0 Å². The summed E-state index contributed by atoms with van der Waals surface area (Å²) in [5, 5.41) is 1.19. The molecule has 0 saturated carbocycles. The third-order valence-electron chi connectivity index (χ3n) is 5.38. The zero-order valence-corrected chi connectivity index (χ0v) is 15.1. The summed E-state index contributed by atoms with van der Waals surface area (Å²) in [5.41, 5.74) is 2.29. The number of hydrogen-bond donors (Lipinski definition) is 0. The van der Waals surface area contributed by atoms with E-state index in [1.807, 2.05) is 12.1 Å². The minimum absolute atomic E-state index is 0.820. The van der Waals surface area contributed by atoms with Crippen LogP contribution >= 0.6 is 0 Å². The Morgan fingerprint density at radius 2 is 1.72 bits per heavy atom. The zero-order valence-electron chi connectivity index (χ0n) is 15.1. The van der Waals surface area contributed by atoms with E-state index in [1.54, 1.807) is 7.11 Å². The molecule has 5 nitrogen and oxygen atoms in total. The summed E-state index contributed by atoms with van der Waals surface area (Å²) in [6.07, 6.45) is 3.95. The maximum atomic E-state index is 6.29. The van der Waals surface area contributed by atoms with Gasteiger partial charge in [0.2, 0.25) is 0 Å². The number of rotatable bonds is 5. The summed E-state index contributed by atoms with van der Waals surface area (Å²) in [6.45, 7) is 7.80. The molecule has 0 spiro atoms. The molecule has 0 N–H and O–H groups in total. The smallest absolute Gasteiger partial charge is 0.134 e. The van der Waals surface area contributed by atoms with Crippen LogP contribution in [0.15, 0.2) is 22.6 Å². The average Bonchev–Trinajstić information content (AvgIpc) is 3.00. The number of methoxy groups -OCH3 is 1. The maximum Gasteiger partial charge on any atom is 0.134 e. The molecule has 1 aromatic heterocycles. The van der Waals surface area contributed by atoms with Gasteiger partial charge in [-0.05, 0) is 44.1 Å². The lowest BCUT2D eigenvalue weighted by molar-refractivity contribution is 0.0339. The van der Waals surface area contributed by atoms with Gasteiger partial charge < -0.3 is 13.9 Å². The summed E-state index contributed by atoms with van der Waals surface area (Å²) in [7, 11) is 1.72. The minimum Gasteiger partial charge on any atom is -0.497 e. The van der Waals surface area contributed by atoms with Gasteiger partial charge in [0.15, 0.2) is 0 Å². The summed E-state index contributed by atoms with van der Waals surface area (Å²) in [6, 6.07) is 6.14. The summed E-state index contributed by atoms with van der Waals surface area (Å²) in [5.74, 6) is 2.01. The van der Waals surface area contributed by atoms with E-state index in [1.165, 1.54) is 43.3 Å². The van der Waals surface area contributed by atoms with Crippen LogP contribution in [0.4, 0.5) is 0 Å². The molecule has 1 aromatic carbocycles. The van der Waals surface area contributed by atoms with Gasteiger partial charge in [-0.3, -0.25) is 9.80 Å². The van der Waals surface area contributed by atoms with E-state index in [4.69, 9.17) is 13.9 Å². The number of fused-ring (bicyclic) bond motifs is 1. The van der Waals surface area contributed by atoms with Gasteiger partial charge in [-0.1, -0.05) is 6.42 Å². The fraction of sp³-hybridized carbons (Fsp3) is 0.600. The molecule has 136 valence electrons. The predicted molar refractivity (Wildman–Crippen MR) is 98.0 cm³/mol. The Morgan fingerprint density at radius 1 is 0.960 bits per heavy atom. The topological polar surface area (TPSA) is 38.1 Å². The van der Waals surface area contributed by atoms with E-state index < -0.39 is 0 Å². The van der Waals surface area contributed by atoms with Crippen LogP contribution in [0, 0.1) is 0 Å². The van der Waals surface area contributed by atoms with Crippen molar-refractivity contribution in [3.05, 3.63) is 29.5 Å². The molecular weight excluding hydrogens is 316 g/mol. The van der Waals surface area contributed by atoms with Gasteiger partial charge in [-0.2, -0.15) is 0 Å². The molecule has 0 bridgehead atoms. The molecule has 0 aliphatic carbocycles. The van der Waals surface area contributed by atoms with Crippen molar-refractivity contribution in [2.75, 3.05) is 46.5 Å². The SMILES string of the molecule is COc1ccc2oc(CN3CCCCC3)c(CN3CCOCC3)c2c1. The molecule has 2 aliphatic rings. The summed E-state index contributed by atoms with van der Waals surface area (Å²) >= 11 is 0. The highest BCUT2D eigenvalue weighted by atomic mass is 16.5. The Bertz CT molecular complexity index is 700. The number of piperidine rings is 1. The van der Waals surface area contributed by atoms with Crippen molar-refractivity contribution in [2.45, 2.75) is 32.4 Å². The van der Waals surface area contributed by atoms with Gasteiger partial charge in [-0.15, -0.1) is 0 Å². The lowest BCUT2D eigenvalue weighted by Gasteiger charge is -2.28. The highest BCUT2D eigenvalue weighted by molar-refractivity contribution is 5.83. The Hall–Kier alpha value is -1.56. The monoisotopic (exact) mass is 344 g/mol. The molecule has 4 rings (SSSR count). The number of ether oxygens (including phenoxy) is 2. The number of likely N-dealkylation sites (tertiary alicyclic amines) is 1. The Kier molecular flexibility index (Phi) is 5.25. The van der Waals surface area contributed by atoms with E-state index in [2.05, 4.69) is 15.9 Å². The second-order valence-corrected chi connectivity index (χ2v) is 7.09. The van der Waals surface area contributed by atoms with Crippen LogP contribution < -0.4 is 4.74 Å². The molecule has 2 aliphatic heterocycles. The first-order valence-corrected chi connectivity index (χ1v) is 9.44. The summed E-state index contributed by atoms with van der Waals surface area (Å²) in [4.78, 5) is 4.99. The maximum absolute atomic E-state index is 6.29. The zero-order chi connectivity index (χ0) is 17.1. The molecule has 0 radical (unpaired) electrons. The molecular formula is C20H28N2O3. The van der Waals surface area contributed by atoms with Crippen LogP contribution in [0.25, 0.3) is 11.0 Å². The van der Waals surface area contributed by atoms with Crippen molar-refractivity contribution in [3.63, 3.8) is 0 Å². The van der Waals surface area contributed by atoms with E-state index in [0.29, 0.717) is 0 Å². The minimum atomic E-state index is 0.820. The largest absolute Gasteiger partial charge is 0.497 e. The number of morpholine rings is 1. The number of nitrogens with zero attached hydrogens (tertiary/aromatic N) is 2. The molecule has 2 fully saturated rings. The normalized spacial score (nSPS) is 20.2. The van der Waals surface area contributed by atoms with Crippen LogP contribution in [0.1, 0.15) is 30.6 Å². The standard InChI is InChI=1S/C20H28N2O3/c1-23-16-5-6-19-17(13-16)18(14-22-9-11-24-12-10-22)20(25-19)15-21-7-3-2-4-8-21/h5-6,13H,2-4,7-12,14-15H2,1H3. The van der Waals surface area contributed by atoms with Crippen molar-refractivity contribution in [3.8, 4) is 5.75 Å². The first-order chi connectivity index (χ1) is 12.3. The van der Waals surface area contributed by atoms with Gasteiger partial charge >= 0.3 is 0 Å². The molecule has 25 heavy (non-hydrogen) atoms. The van der Waals surface area contributed by atoms with E-state index in [-0.39, 0.29) is 0 Å². The lowest BCUT2D eigenvalue weighted by Crippen LogP contribution is -2.36. The quantitative estimate of drug-likeness (QED) is 0.832. The Labute approximate surface area is 149 Å². The van der Waals surface area contributed by atoms with Crippen LogP contribution in [0.3, 0.4) is 0 Å². The third kappa shape index (κ3) is 3.84. The van der Waals surface area contributed by atoms with Gasteiger partial charge in [0, 0.05) is 30.6 Å². The fourth-order valence-corrected chi connectivity index (χ4v) is 3.91. The molecule has 2 saturated heterocycles. The molecule has 0 unspecified atom stereocenters. The van der Waals surface area contributed by atoms with E-state index >= 15 is 0 Å². The van der Waals surface area contributed by atoms with Crippen LogP contribution in [0.2, 0.25) is 0 Å². The highest BCUT2D eigenvalue weighted by Crippen LogP contribution is 2.32. The first-order valence-electron chi connectivity index (χ1n) is 9.44. The predicted octanol–water partition coefficient (Wildman–Crippen LogP) is 3.26. The van der Waals surface area contributed by atoms with Crippen LogP contribution in [0.5, 0.6) is 5.75 Å². The fourth-order valence-electron chi connectivity index (χ4n) is 3.91. The van der Waals surface area contributed by atoms with Gasteiger partial charge in [0.1, 0.15) is 17.1 Å². The van der Waals surface area contributed by atoms with Crippen molar-refractivity contribution < 1.29 is 13.9 Å². The van der Waals surface area contributed by atoms with Crippen molar-refractivity contribution in [1.82, 2.24) is 9.80 Å². The van der Waals surface area contributed by atoms with Crippen molar-refractivity contribution >= 4 is 11.0 Å². The Balaban J connectivity index is 1.65. The van der Waals surface area contributed by atoms with Crippen molar-refractivity contribution in [2.24, 2.45) is 0 Å². The number of benzene rings is 1. The molecule has 3 heterocycles. The molecule has 5 heteroatoms. The molecule has 2 aromatic rings. The number of furan rings is 1. The summed E-state index contributed by atoms with van der Waals surface area (Å²) < 4.78 is 17.2. The van der Waals surface area contributed by atoms with Crippen LogP contribution in [-0.2, 0) is 17.8 Å². The van der Waals surface area contributed by atoms with Crippen LogP contribution in [-0.4, -0.2) is 56.3 Å². The second kappa shape index (κ2) is 7.77. The van der Waals surface area contributed by atoms with E-state index in [0.717, 1.165) is 56.5 Å². The highest BCUT2D eigenvalue weighted by Gasteiger charge is 2.21. The average molecular weight is 344 g/mol. The third-order valence-corrected chi connectivity index (χ3v) is 5.38. The van der Waals surface area contributed by atoms with Gasteiger partial charge in [-0.25, -0.2) is 0 Å². The Morgan fingerprint density at radius 3 is 2.48 bits per heavy atom.